The average molecular weight is 345 g/mol. The zero-order valence-corrected chi connectivity index (χ0v) is 13.9. The lowest BCUT2D eigenvalue weighted by Crippen LogP contribution is -2.38. The number of hydrogen-bond donors (Lipinski definition) is 0. The van der Waals surface area contributed by atoms with Crippen LogP contribution in [0.4, 0.5) is 0 Å². The fourth-order valence-electron chi connectivity index (χ4n) is 2.54. The van der Waals surface area contributed by atoms with E-state index in [1.165, 1.54) is 29.6 Å². The summed E-state index contributed by atoms with van der Waals surface area (Å²) in [5, 5.41) is 9.24. The lowest BCUT2D eigenvalue weighted by Gasteiger charge is -2.23. The van der Waals surface area contributed by atoms with Gasteiger partial charge in [-0.3, -0.25) is 0 Å². The first-order valence-corrected chi connectivity index (χ1v) is 8.49. The van der Waals surface area contributed by atoms with Gasteiger partial charge in [0, 0.05) is 20.8 Å². The third-order valence-electron chi connectivity index (χ3n) is 3.68. The van der Waals surface area contributed by atoms with E-state index in [-0.39, 0.29) is 40.8 Å². The van der Waals surface area contributed by atoms with Crippen molar-refractivity contribution in [2.75, 3.05) is 27.4 Å². The van der Waals surface area contributed by atoms with Gasteiger partial charge in [0.15, 0.2) is 0 Å². The summed E-state index contributed by atoms with van der Waals surface area (Å²) in [4.78, 5) is 0.0475. The van der Waals surface area contributed by atoms with E-state index >= 15 is 0 Å². The van der Waals surface area contributed by atoms with Crippen molar-refractivity contribution in [3.8, 4) is 6.07 Å². The van der Waals surface area contributed by atoms with Gasteiger partial charge in [-0.1, -0.05) is 11.6 Å². The molecule has 1 fully saturated rings. The van der Waals surface area contributed by atoms with Crippen molar-refractivity contribution in [1.82, 2.24) is 4.31 Å². The maximum atomic E-state index is 12.8. The van der Waals surface area contributed by atoms with Gasteiger partial charge in [-0.15, -0.1) is 0 Å². The fourth-order valence-corrected chi connectivity index (χ4v) is 4.38. The largest absolute Gasteiger partial charge is 0.383 e. The van der Waals surface area contributed by atoms with Gasteiger partial charge in [0.2, 0.25) is 10.0 Å². The van der Waals surface area contributed by atoms with Crippen LogP contribution in [0.3, 0.4) is 0 Å². The minimum atomic E-state index is -3.74. The molecule has 0 N–H and O–H groups in total. The number of nitriles is 1. The Bertz CT molecular complexity index is 687. The van der Waals surface area contributed by atoms with Gasteiger partial charge in [-0.2, -0.15) is 9.57 Å². The lowest BCUT2D eigenvalue weighted by atomic mass is 10.2. The Morgan fingerprint density at radius 1 is 1.45 bits per heavy atom. The summed E-state index contributed by atoms with van der Waals surface area (Å²) in [6.07, 6.45) is 0.403. The summed E-state index contributed by atoms with van der Waals surface area (Å²) in [5.41, 5.74) is 0.133. The van der Waals surface area contributed by atoms with Crippen LogP contribution in [0, 0.1) is 11.3 Å². The lowest BCUT2D eigenvalue weighted by molar-refractivity contribution is 0.110. The quantitative estimate of drug-likeness (QED) is 0.811. The Morgan fingerprint density at radius 2 is 2.18 bits per heavy atom. The normalized spacial score (nSPS) is 22.6. The average Bonchev–Trinajstić information content (AvgIpc) is 2.92. The Morgan fingerprint density at radius 3 is 2.77 bits per heavy atom. The number of nitrogens with zero attached hydrogens (tertiary/aromatic N) is 2. The summed E-state index contributed by atoms with van der Waals surface area (Å²) in [6.45, 7) is 0.551. The molecule has 22 heavy (non-hydrogen) atoms. The van der Waals surface area contributed by atoms with Gasteiger partial charge in [0.05, 0.1) is 34.2 Å². The van der Waals surface area contributed by atoms with Crippen molar-refractivity contribution in [3.63, 3.8) is 0 Å². The zero-order chi connectivity index (χ0) is 16.3. The molecule has 1 aliphatic rings. The highest BCUT2D eigenvalue weighted by molar-refractivity contribution is 7.89. The van der Waals surface area contributed by atoms with Crippen LogP contribution < -0.4 is 0 Å². The molecule has 0 amide bonds. The number of rotatable bonds is 5. The van der Waals surface area contributed by atoms with Crippen molar-refractivity contribution >= 4 is 21.6 Å². The highest BCUT2D eigenvalue weighted by atomic mass is 35.5. The molecule has 8 heteroatoms. The molecule has 1 heterocycles. The number of halogens is 1. The molecule has 0 radical (unpaired) electrons. The molecular weight excluding hydrogens is 328 g/mol. The zero-order valence-electron chi connectivity index (χ0n) is 12.3. The summed E-state index contributed by atoms with van der Waals surface area (Å²) in [6, 6.07) is 5.72. The molecule has 0 aliphatic carbocycles. The Labute approximate surface area is 135 Å². The Kier molecular flexibility index (Phi) is 5.42. The third-order valence-corrected chi connectivity index (χ3v) is 5.93. The van der Waals surface area contributed by atoms with E-state index in [4.69, 9.17) is 26.3 Å². The van der Waals surface area contributed by atoms with E-state index in [1.807, 2.05) is 6.07 Å². The first-order chi connectivity index (χ1) is 10.4. The number of benzene rings is 1. The van der Waals surface area contributed by atoms with Gasteiger partial charge < -0.3 is 9.47 Å². The minimum Gasteiger partial charge on any atom is -0.383 e. The smallest absolute Gasteiger partial charge is 0.243 e. The first kappa shape index (κ1) is 17.2. The predicted molar refractivity (Wildman–Crippen MR) is 81.1 cm³/mol. The number of hydrogen-bond acceptors (Lipinski definition) is 5. The number of ether oxygens (including phenoxy) is 2. The predicted octanol–water partition coefficient (Wildman–Crippen LogP) is 1.64. The van der Waals surface area contributed by atoms with Crippen LogP contribution in [-0.2, 0) is 19.5 Å². The van der Waals surface area contributed by atoms with Crippen molar-refractivity contribution in [2.24, 2.45) is 0 Å². The van der Waals surface area contributed by atoms with E-state index in [2.05, 4.69) is 0 Å². The van der Waals surface area contributed by atoms with Crippen molar-refractivity contribution < 1.29 is 17.9 Å². The highest BCUT2D eigenvalue weighted by Crippen LogP contribution is 2.29. The van der Waals surface area contributed by atoms with E-state index in [9.17, 15) is 8.42 Å². The molecule has 0 bridgehead atoms. The molecule has 6 nitrogen and oxygen atoms in total. The maximum Gasteiger partial charge on any atom is 0.243 e. The van der Waals surface area contributed by atoms with Crippen LogP contribution in [0.15, 0.2) is 23.1 Å². The molecule has 2 rings (SSSR count). The van der Waals surface area contributed by atoms with Crippen LogP contribution in [0.1, 0.15) is 12.0 Å². The SMILES string of the molecule is COC[C@@H]1C[C@@H](OC)CN1S(=O)(=O)c1ccc(Cl)c(C#N)c1. The van der Waals surface area contributed by atoms with Crippen LogP contribution in [0.5, 0.6) is 0 Å². The number of methoxy groups -OCH3 is 2. The Balaban J connectivity index is 2.38. The molecule has 1 aromatic rings. The number of sulfonamides is 1. The van der Waals surface area contributed by atoms with Crippen molar-refractivity contribution in [3.05, 3.63) is 28.8 Å². The topological polar surface area (TPSA) is 79.6 Å². The van der Waals surface area contributed by atoms with Crippen molar-refractivity contribution in [2.45, 2.75) is 23.5 Å². The van der Waals surface area contributed by atoms with E-state index in [1.54, 1.807) is 7.11 Å². The molecular formula is C14H17ClN2O4S. The molecule has 0 spiro atoms. The van der Waals surface area contributed by atoms with Gasteiger partial charge in [0.1, 0.15) is 6.07 Å². The van der Waals surface area contributed by atoms with Crippen LogP contribution >= 0.6 is 11.6 Å². The summed E-state index contributed by atoms with van der Waals surface area (Å²) < 4.78 is 37.4. The second-order valence-electron chi connectivity index (χ2n) is 5.03. The standard InChI is InChI=1S/C14H17ClN2O4S/c1-20-9-11-6-12(21-2)8-17(11)22(18,19)13-3-4-14(15)10(5-13)7-16/h3-5,11-12H,6,8-9H2,1-2H3/t11-,12+/m0/s1. The van der Waals surface area contributed by atoms with E-state index in [0.717, 1.165) is 0 Å². The molecule has 1 aliphatic heterocycles. The van der Waals surface area contributed by atoms with Gasteiger partial charge in [0.25, 0.3) is 0 Å². The van der Waals surface area contributed by atoms with E-state index < -0.39 is 10.0 Å². The fraction of sp³-hybridized carbons (Fsp3) is 0.500. The highest BCUT2D eigenvalue weighted by Gasteiger charge is 2.40. The summed E-state index contributed by atoms with van der Waals surface area (Å²) in [5.74, 6) is 0. The van der Waals surface area contributed by atoms with Gasteiger partial charge in [-0.05, 0) is 24.6 Å². The minimum absolute atomic E-state index is 0.0475. The second kappa shape index (κ2) is 6.94. The molecule has 0 saturated carbocycles. The maximum absolute atomic E-state index is 12.8. The van der Waals surface area contributed by atoms with Gasteiger partial charge >= 0.3 is 0 Å². The molecule has 1 aromatic carbocycles. The summed E-state index contributed by atoms with van der Waals surface area (Å²) in [7, 11) is -0.654. The first-order valence-electron chi connectivity index (χ1n) is 6.67. The Hall–Kier alpha value is -1.17. The summed E-state index contributed by atoms with van der Waals surface area (Å²) >= 11 is 5.86. The molecule has 1 saturated heterocycles. The van der Waals surface area contributed by atoms with Crippen LogP contribution in [0.2, 0.25) is 5.02 Å². The van der Waals surface area contributed by atoms with E-state index in [0.29, 0.717) is 6.42 Å². The molecule has 120 valence electrons. The monoisotopic (exact) mass is 344 g/mol. The van der Waals surface area contributed by atoms with Crippen LogP contribution in [0.25, 0.3) is 0 Å². The molecule has 2 atom stereocenters. The van der Waals surface area contributed by atoms with Crippen molar-refractivity contribution in [1.29, 1.82) is 5.26 Å². The van der Waals surface area contributed by atoms with Crippen LogP contribution in [-0.4, -0.2) is 52.2 Å². The molecule has 0 unspecified atom stereocenters. The second-order valence-corrected chi connectivity index (χ2v) is 7.33. The third kappa shape index (κ3) is 3.26. The molecule has 0 aromatic heterocycles. The van der Waals surface area contributed by atoms with Gasteiger partial charge in [-0.25, -0.2) is 8.42 Å².